The molecule has 0 saturated heterocycles. The predicted octanol–water partition coefficient (Wildman–Crippen LogP) is 3.93. The van der Waals surface area contributed by atoms with E-state index in [1.165, 1.54) is 16.7 Å². The van der Waals surface area contributed by atoms with Crippen LogP contribution in [0.1, 0.15) is 28.2 Å². The third-order valence-electron chi connectivity index (χ3n) is 4.97. The normalized spacial score (nSPS) is 12.0. The lowest BCUT2D eigenvalue weighted by atomic mass is 9.86. The maximum absolute atomic E-state index is 9.27. The van der Waals surface area contributed by atoms with E-state index in [-0.39, 0.29) is 6.61 Å². The van der Waals surface area contributed by atoms with E-state index in [2.05, 4.69) is 69.2 Å². The molecule has 140 valence electrons. The van der Waals surface area contributed by atoms with Gasteiger partial charge in [-0.05, 0) is 52.3 Å². The summed E-state index contributed by atoms with van der Waals surface area (Å²) in [5.41, 5.74) is 5.72. The largest absolute Gasteiger partial charge is 0.392 e. The highest BCUT2D eigenvalue weighted by atomic mass is 16.3. The second-order valence-electron chi connectivity index (χ2n) is 6.93. The zero-order valence-electron chi connectivity index (χ0n) is 15.5. The van der Waals surface area contributed by atoms with Crippen LogP contribution in [0, 0.1) is 0 Å². The van der Waals surface area contributed by atoms with Crippen molar-refractivity contribution in [3.63, 3.8) is 0 Å². The van der Waals surface area contributed by atoms with E-state index < -0.39 is 0 Å². The summed E-state index contributed by atoms with van der Waals surface area (Å²) in [5.74, 6) is 0.958. The van der Waals surface area contributed by atoms with Crippen molar-refractivity contribution >= 4 is 0 Å². The fraction of sp³-hybridized carbons (Fsp3) is 0.174. The molecule has 3 aromatic carbocycles. The summed E-state index contributed by atoms with van der Waals surface area (Å²) in [6, 6.07) is 27.1. The Morgan fingerprint density at radius 1 is 0.786 bits per heavy atom. The molecule has 28 heavy (non-hydrogen) atoms. The predicted molar refractivity (Wildman–Crippen MR) is 109 cm³/mol. The molecule has 5 nitrogen and oxygen atoms in total. The van der Waals surface area contributed by atoms with E-state index in [0.29, 0.717) is 11.7 Å². The van der Waals surface area contributed by atoms with E-state index in [9.17, 15) is 5.11 Å². The van der Waals surface area contributed by atoms with E-state index in [1.807, 2.05) is 30.3 Å². The summed E-state index contributed by atoms with van der Waals surface area (Å²) in [4.78, 5) is 0. The van der Waals surface area contributed by atoms with Gasteiger partial charge in [-0.25, -0.2) is 0 Å². The molecule has 0 bridgehead atoms. The minimum Gasteiger partial charge on any atom is -0.392 e. The van der Waals surface area contributed by atoms with Crippen LogP contribution in [0.4, 0.5) is 0 Å². The Balaban J connectivity index is 1.60. The molecule has 2 N–H and O–H groups in total. The molecule has 0 fully saturated rings. The molecule has 1 heterocycles. The first-order valence-corrected chi connectivity index (χ1v) is 9.38. The number of aromatic nitrogens is 4. The van der Waals surface area contributed by atoms with Gasteiger partial charge in [-0.3, -0.25) is 0 Å². The number of hydrogen-bond donors (Lipinski definition) is 2. The minimum absolute atomic E-state index is 0.0747. The molecule has 1 aromatic heterocycles. The van der Waals surface area contributed by atoms with Gasteiger partial charge in [0.05, 0.1) is 6.61 Å². The number of aliphatic hydroxyl groups is 1. The molecule has 4 aromatic rings. The van der Waals surface area contributed by atoms with Crippen LogP contribution in [0.25, 0.3) is 11.4 Å². The summed E-state index contributed by atoms with van der Waals surface area (Å²) in [7, 11) is 0. The Labute approximate surface area is 164 Å². The Kier molecular flexibility index (Phi) is 5.54. The Morgan fingerprint density at radius 2 is 1.54 bits per heavy atom. The van der Waals surface area contributed by atoms with Crippen LogP contribution in [0.15, 0.2) is 78.9 Å². The number of tetrazole rings is 1. The summed E-state index contributed by atoms with van der Waals surface area (Å²) >= 11 is 0. The van der Waals surface area contributed by atoms with E-state index in [0.717, 1.165) is 24.0 Å². The Morgan fingerprint density at radius 3 is 2.25 bits per heavy atom. The van der Waals surface area contributed by atoms with Gasteiger partial charge in [-0.1, -0.05) is 72.8 Å². The topological polar surface area (TPSA) is 74.7 Å². The first kappa shape index (κ1) is 18.1. The van der Waals surface area contributed by atoms with Crippen molar-refractivity contribution in [2.24, 2.45) is 0 Å². The van der Waals surface area contributed by atoms with Crippen LogP contribution in [-0.4, -0.2) is 25.7 Å². The van der Waals surface area contributed by atoms with Gasteiger partial charge in [0, 0.05) is 5.56 Å². The minimum atomic E-state index is 0.0747. The number of nitrogens with zero attached hydrogens (tertiary/aromatic N) is 3. The van der Waals surface area contributed by atoms with Crippen molar-refractivity contribution in [3.05, 3.63) is 101 Å². The number of rotatable bonds is 7. The summed E-state index contributed by atoms with van der Waals surface area (Å²) in [6.45, 7) is 0.0747. The van der Waals surface area contributed by atoms with E-state index in [4.69, 9.17) is 0 Å². The van der Waals surface area contributed by atoms with Crippen LogP contribution in [0.5, 0.6) is 0 Å². The maximum Gasteiger partial charge on any atom is 0.204 e. The molecular weight excluding hydrogens is 348 g/mol. The van der Waals surface area contributed by atoms with Gasteiger partial charge in [-0.15, -0.1) is 10.2 Å². The average molecular weight is 370 g/mol. The van der Waals surface area contributed by atoms with Gasteiger partial charge in [0.1, 0.15) is 0 Å². The lowest BCUT2D eigenvalue weighted by Crippen LogP contribution is -2.07. The van der Waals surface area contributed by atoms with Gasteiger partial charge in [0.25, 0.3) is 0 Å². The molecule has 1 unspecified atom stereocenters. The molecule has 4 rings (SSSR count). The standard InChI is InChI=1S/C23H22N4O/c28-16-18-11-9-17(10-12-18)13-22(20-6-2-1-3-7-20)15-19-5-4-8-21(14-19)23-24-26-27-25-23/h1-12,14,22,28H,13,15-16H2,(H,24,25,26,27). The highest BCUT2D eigenvalue weighted by molar-refractivity contribution is 5.55. The van der Waals surface area contributed by atoms with Gasteiger partial charge in [-0.2, -0.15) is 5.21 Å². The summed E-state index contributed by atoms with van der Waals surface area (Å²) < 4.78 is 0. The zero-order chi connectivity index (χ0) is 19.2. The fourth-order valence-electron chi connectivity index (χ4n) is 3.50. The molecule has 5 heteroatoms. The van der Waals surface area contributed by atoms with Gasteiger partial charge < -0.3 is 5.11 Å². The van der Waals surface area contributed by atoms with Crippen LogP contribution in [0.2, 0.25) is 0 Å². The lowest BCUT2D eigenvalue weighted by molar-refractivity contribution is 0.282. The van der Waals surface area contributed by atoms with Gasteiger partial charge >= 0.3 is 0 Å². The molecule has 0 aliphatic rings. The Hall–Kier alpha value is -3.31. The quantitative estimate of drug-likeness (QED) is 0.517. The van der Waals surface area contributed by atoms with Crippen LogP contribution >= 0.6 is 0 Å². The molecule has 0 amide bonds. The summed E-state index contributed by atoms with van der Waals surface area (Å²) in [6.07, 6.45) is 1.85. The number of aliphatic hydroxyl groups excluding tert-OH is 1. The zero-order valence-corrected chi connectivity index (χ0v) is 15.5. The molecule has 0 saturated carbocycles. The van der Waals surface area contributed by atoms with Crippen LogP contribution < -0.4 is 0 Å². The first-order valence-electron chi connectivity index (χ1n) is 9.38. The highest BCUT2D eigenvalue weighted by Gasteiger charge is 2.14. The SMILES string of the molecule is OCc1ccc(CC(Cc2cccc(-c3nn[nH]n3)c2)c2ccccc2)cc1. The number of benzene rings is 3. The smallest absolute Gasteiger partial charge is 0.204 e. The molecular formula is C23H22N4O. The van der Waals surface area contributed by atoms with Crippen molar-refractivity contribution in [1.82, 2.24) is 20.6 Å². The van der Waals surface area contributed by atoms with Crippen LogP contribution in [-0.2, 0) is 19.4 Å². The first-order chi connectivity index (χ1) is 13.8. The third kappa shape index (κ3) is 4.32. The molecule has 0 spiro atoms. The van der Waals surface area contributed by atoms with Crippen molar-refractivity contribution in [2.75, 3.05) is 0 Å². The van der Waals surface area contributed by atoms with Crippen molar-refractivity contribution in [1.29, 1.82) is 0 Å². The van der Waals surface area contributed by atoms with Crippen molar-refractivity contribution in [3.8, 4) is 11.4 Å². The lowest BCUT2D eigenvalue weighted by Gasteiger charge is -2.18. The third-order valence-corrected chi connectivity index (χ3v) is 4.97. The number of aromatic amines is 1. The molecule has 0 radical (unpaired) electrons. The molecule has 1 atom stereocenters. The van der Waals surface area contributed by atoms with Crippen molar-refractivity contribution in [2.45, 2.75) is 25.4 Å². The fourth-order valence-corrected chi connectivity index (χ4v) is 3.50. The summed E-state index contributed by atoms with van der Waals surface area (Å²) in [5, 5.41) is 23.6. The number of hydrogen-bond acceptors (Lipinski definition) is 4. The van der Waals surface area contributed by atoms with Crippen LogP contribution in [0.3, 0.4) is 0 Å². The number of nitrogens with one attached hydrogen (secondary N) is 1. The maximum atomic E-state index is 9.27. The van der Waals surface area contributed by atoms with E-state index in [1.54, 1.807) is 0 Å². The number of H-pyrrole nitrogens is 1. The highest BCUT2D eigenvalue weighted by Crippen LogP contribution is 2.27. The second kappa shape index (κ2) is 8.59. The van der Waals surface area contributed by atoms with Crippen molar-refractivity contribution < 1.29 is 5.11 Å². The van der Waals surface area contributed by atoms with E-state index >= 15 is 0 Å². The monoisotopic (exact) mass is 370 g/mol. The average Bonchev–Trinajstić information content (AvgIpc) is 3.30. The van der Waals surface area contributed by atoms with Gasteiger partial charge in [0.2, 0.25) is 5.82 Å². The molecule has 0 aliphatic heterocycles. The molecule has 0 aliphatic carbocycles. The Bertz CT molecular complexity index is 998. The second-order valence-corrected chi connectivity index (χ2v) is 6.93. The van der Waals surface area contributed by atoms with Gasteiger partial charge in [0.15, 0.2) is 0 Å².